The molecule has 1 fully saturated rings. The minimum Gasteiger partial charge on any atom is -0.303 e. The van der Waals surface area contributed by atoms with Gasteiger partial charge in [0, 0.05) is 32.7 Å². The monoisotopic (exact) mass is 278 g/mol. The molecule has 0 bridgehead atoms. The molecule has 0 aliphatic carbocycles. The zero-order valence-corrected chi connectivity index (χ0v) is 11.4. The fraction of sp³-hybridized carbons (Fsp3) is 0.917. The Balaban J connectivity index is 2.30. The number of alkyl halides is 3. The molecule has 0 aromatic heterocycles. The molecule has 1 aliphatic rings. The molecule has 1 heterocycles. The maximum absolute atomic E-state index is 12.2. The van der Waals surface area contributed by atoms with Gasteiger partial charge in [0.15, 0.2) is 0 Å². The molecule has 1 unspecified atom stereocenters. The number of rotatable bonds is 5. The molecule has 19 heavy (non-hydrogen) atoms. The summed E-state index contributed by atoms with van der Waals surface area (Å²) in [5, 5.41) is 12.0. The van der Waals surface area contributed by atoms with E-state index in [1.165, 1.54) is 4.90 Å². The summed E-state index contributed by atoms with van der Waals surface area (Å²) in [6.07, 6.45) is -3.45. The van der Waals surface area contributed by atoms with E-state index in [0.717, 1.165) is 6.54 Å². The van der Waals surface area contributed by atoms with Crippen LogP contribution in [0.4, 0.5) is 13.2 Å². The number of hydrogen-bond acceptors (Lipinski definition) is 4. The lowest BCUT2D eigenvalue weighted by Crippen LogP contribution is -2.50. The Bertz CT molecular complexity index is 318. The Morgan fingerprint density at radius 2 is 1.68 bits per heavy atom. The van der Waals surface area contributed by atoms with Gasteiger partial charge in [-0.15, -0.1) is 0 Å². The average molecular weight is 278 g/mol. The molecule has 1 aliphatic heterocycles. The molecule has 4 nitrogen and oxygen atoms in total. The second-order valence-electron chi connectivity index (χ2n) is 5.18. The Kier molecular flexibility index (Phi) is 5.59. The van der Waals surface area contributed by atoms with Crippen LogP contribution < -0.4 is 5.32 Å². The van der Waals surface area contributed by atoms with E-state index in [9.17, 15) is 13.2 Å². The average Bonchev–Trinajstić information content (AvgIpc) is 2.36. The molecule has 0 aromatic carbocycles. The van der Waals surface area contributed by atoms with Crippen molar-refractivity contribution >= 4 is 0 Å². The van der Waals surface area contributed by atoms with Crippen molar-refractivity contribution in [1.82, 2.24) is 15.1 Å². The third-order valence-electron chi connectivity index (χ3n) is 3.59. The fourth-order valence-electron chi connectivity index (χ4n) is 2.04. The summed E-state index contributed by atoms with van der Waals surface area (Å²) >= 11 is 0. The van der Waals surface area contributed by atoms with Gasteiger partial charge < -0.3 is 10.2 Å². The van der Waals surface area contributed by atoms with Gasteiger partial charge in [0.1, 0.15) is 5.54 Å². The number of piperazine rings is 1. The minimum atomic E-state index is -4.12. The zero-order valence-electron chi connectivity index (χ0n) is 11.4. The first-order valence-corrected chi connectivity index (χ1v) is 6.40. The van der Waals surface area contributed by atoms with Crippen molar-refractivity contribution in [3.05, 3.63) is 0 Å². The molecule has 0 saturated carbocycles. The van der Waals surface area contributed by atoms with Crippen LogP contribution in [0.15, 0.2) is 0 Å². The zero-order chi connectivity index (χ0) is 14.5. The summed E-state index contributed by atoms with van der Waals surface area (Å²) in [6.45, 7) is 3.85. The van der Waals surface area contributed by atoms with Crippen molar-refractivity contribution in [2.75, 3.05) is 46.3 Å². The third kappa shape index (κ3) is 5.76. The quantitative estimate of drug-likeness (QED) is 0.816. The van der Waals surface area contributed by atoms with E-state index >= 15 is 0 Å². The number of nitrogens with one attached hydrogen (secondary N) is 1. The van der Waals surface area contributed by atoms with E-state index in [1.807, 2.05) is 6.92 Å². The molecule has 0 radical (unpaired) electrons. The second-order valence-corrected chi connectivity index (χ2v) is 5.18. The molecule has 1 saturated heterocycles. The van der Waals surface area contributed by atoms with Crippen molar-refractivity contribution in [2.24, 2.45) is 0 Å². The molecule has 1 atom stereocenters. The predicted octanol–water partition coefficient (Wildman–Crippen LogP) is 1.06. The highest BCUT2D eigenvalue weighted by Gasteiger charge is 2.32. The van der Waals surface area contributed by atoms with Gasteiger partial charge in [0.2, 0.25) is 0 Å². The van der Waals surface area contributed by atoms with E-state index < -0.39 is 18.3 Å². The molecule has 1 N–H and O–H groups in total. The van der Waals surface area contributed by atoms with Gasteiger partial charge >= 0.3 is 6.18 Å². The van der Waals surface area contributed by atoms with Crippen LogP contribution in [0.25, 0.3) is 0 Å². The van der Waals surface area contributed by atoms with Crippen molar-refractivity contribution in [1.29, 1.82) is 5.26 Å². The van der Waals surface area contributed by atoms with Gasteiger partial charge in [0.05, 0.1) is 12.6 Å². The second kappa shape index (κ2) is 6.55. The molecule has 110 valence electrons. The van der Waals surface area contributed by atoms with Crippen molar-refractivity contribution < 1.29 is 13.2 Å². The van der Waals surface area contributed by atoms with Crippen molar-refractivity contribution in [3.8, 4) is 6.07 Å². The first-order valence-electron chi connectivity index (χ1n) is 6.40. The highest BCUT2D eigenvalue weighted by Crippen LogP contribution is 2.18. The Labute approximate surface area is 112 Å². The van der Waals surface area contributed by atoms with Crippen molar-refractivity contribution in [2.45, 2.75) is 25.1 Å². The Hall–Kier alpha value is -0.840. The van der Waals surface area contributed by atoms with Gasteiger partial charge in [-0.1, -0.05) is 0 Å². The van der Waals surface area contributed by atoms with Crippen LogP contribution >= 0.6 is 0 Å². The summed E-state index contributed by atoms with van der Waals surface area (Å²) in [5.41, 5.74) is -0.566. The molecule has 7 heteroatoms. The topological polar surface area (TPSA) is 42.3 Å². The Morgan fingerprint density at radius 3 is 2.11 bits per heavy atom. The van der Waals surface area contributed by atoms with Gasteiger partial charge in [-0.2, -0.15) is 18.4 Å². The normalized spacial score (nSPS) is 21.9. The standard InChI is InChI=1S/C12H21F3N4/c1-11(9-16,17-2)3-4-18-5-7-19(8-6-18)10-12(13,14)15/h17H,3-8,10H2,1-2H3. The van der Waals surface area contributed by atoms with Gasteiger partial charge in [-0.25, -0.2) is 0 Å². The van der Waals surface area contributed by atoms with Crippen LogP contribution in [0.2, 0.25) is 0 Å². The van der Waals surface area contributed by atoms with Crippen LogP contribution in [0.5, 0.6) is 0 Å². The van der Waals surface area contributed by atoms with Gasteiger partial charge in [-0.05, 0) is 20.4 Å². The van der Waals surface area contributed by atoms with Gasteiger partial charge in [-0.3, -0.25) is 4.90 Å². The lowest BCUT2D eigenvalue weighted by molar-refractivity contribution is -0.149. The van der Waals surface area contributed by atoms with Crippen LogP contribution in [0, 0.1) is 11.3 Å². The summed E-state index contributed by atoms with van der Waals surface area (Å²) in [4.78, 5) is 3.54. The summed E-state index contributed by atoms with van der Waals surface area (Å²) < 4.78 is 36.7. The van der Waals surface area contributed by atoms with E-state index in [2.05, 4.69) is 16.3 Å². The molecule has 0 amide bonds. The minimum absolute atomic E-state index is 0.433. The number of nitriles is 1. The SMILES string of the molecule is CNC(C)(C#N)CCN1CCN(CC(F)(F)F)CC1. The predicted molar refractivity (Wildman–Crippen MR) is 66.6 cm³/mol. The lowest BCUT2D eigenvalue weighted by atomic mass is 10.00. The molecule has 0 aromatic rings. The summed E-state index contributed by atoms with van der Waals surface area (Å²) in [7, 11) is 1.74. The van der Waals surface area contributed by atoms with E-state index in [1.54, 1.807) is 7.05 Å². The van der Waals surface area contributed by atoms with E-state index in [0.29, 0.717) is 32.6 Å². The maximum Gasteiger partial charge on any atom is 0.401 e. The summed E-state index contributed by atoms with van der Waals surface area (Å²) in [6, 6.07) is 2.21. The molecule has 1 rings (SSSR count). The highest BCUT2D eigenvalue weighted by molar-refractivity contribution is 5.03. The smallest absolute Gasteiger partial charge is 0.303 e. The third-order valence-corrected chi connectivity index (χ3v) is 3.59. The first kappa shape index (κ1) is 16.2. The number of nitrogens with zero attached hydrogens (tertiary/aromatic N) is 3. The number of hydrogen-bond donors (Lipinski definition) is 1. The maximum atomic E-state index is 12.2. The number of halogens is 3. The van der Waals surface area contributed by atoms with E-state index in [4.69, 9.17) is 5.26 Å². The van der Waals surface area contributed by atoms with Crippen LogP contribution in [0.1, 0.15) is 13.3 Å². The van der Waals surface area contributed by atoms with Crippen LogP contribution in [-0.4, -0.2) is 67.8 Å². The first-order chi connectivity index (χ1) is 8.78. The molecule has 0 spiro atoms. The molecular formula is C12H21F3N4. The fourth-order valence-corrected chi connectivity index (χ4v) is 2.04. The van der Waals surface area contributed by atoms with Crippen LogP contribution in [-0.2, 0) is 0 Å². The van der Waals surface area contributed by atoms with Crippen LogP contribution in [0.3, 0.4) is 0 Å². The Morgan fingerprint density at radius 1 is 1.16 bits per heavy atom. The largest absolute Gasteiger partial charge is 0.401 e. The molecular weight excluding hydrogens is 257 g/mol. The van der Waals surface area contributed by atoms with Crippen molar-refractivity contribution in [3.63, 3.8) is 0 Å². The highest BCUT2D eigenvalue weighted by atomic mass is 19.4. The summed E-state index contributed by atoms with van der Waals surface area (Å²) in [5.74, 6) is 0. The van der Waals surface area contributed by atoms with E-state index in [-0.39, 0.29) is 0 Å². The lowest BCUT2D eigenvalue weighted by Gasteiger charge is -2.36. The van der Waals surface area contributed by atoms with Gasteiger partial charge in [0.25, 0.3) is 0 Å².